The molecule has 0 saturated heterocycles. The first-order valence-corrected chi connectivity index (χ1v) is 11.8. The van der Waals surface area contributed by atoms with Crippen molar-refractivity contribution in [2.75, 3.05) is 17.3 Å². The lowest BCUT2D eigenvalue weighted by Gasteiger charge is -2.37. The van der Waals surface area contributed by atoms with Crippen LogP contribution in [0.25, 0.3) is 11.3 Å². The maximum atomic E-state index is 13.3. The Kier molecular flexibility index (Phi) is 6.58. The Morgan fingerprint density at radius 2 is 2.12 bits per heavy atom. The van der Waals surface area contributed by atoms with Gasteiger partial charge in [0, 0.05) is 16.6 Å². The van der Waals surface area contributed by atoms with Gasteiger partial charge in [0.05, 0.1) is 28.5 Å². The van der Waals surface area contributed by atoms with Gasteiger partial charge < -0.3 is 14.8 Å². The average molecular weight is 486 g/mol. The van der Waals surface area contributed by atoms with Crippen LogP contribution in [0.5, 0.6) is 11.5 Å². The molecule has 0 aliphatic carbocycles. The average Bonchev–Trinajstić information content (AvgIpc) is 3.24. The maximum absolute atomic E-state index is 13.3. The van der Waals surface area contributed by atoms with Crippen LogP contribution in [0.1, 0.15) is 25.3 Å². The van der Waals surface area contributed by atoms with E-state index in [-0.39, 0.29) is 11.8 Å². The lowest BCUT2D eigenvalue weighted by molar-refractivity contribution is -0.129. The quantitative estimate of drug-likeness (QED) is 0.511. The number of rotatable bonds is 6. The zero-order valence-electron chi connectivity index (χ0n) is 18.7. The van der Waals surface area contributed by atoms with Gasteiger partial charge in [-0.1, -0.05) is 18.5 Å². The van der Waals surface area contributed by atoms with Crippen LogP contribution < -0.4 is 19.7 Å². The molecule has 1 aliphatic heterocycles. The predicted molar refractivity (Wildman–Crippen MR) is 131 cm³/mol. The summed E-state index contributed by atoms with van der Waals surface area (Å²) in [6.45, 7) is 5.51. The SMILES string of the molecule is CCC1Oc2ccc(-c3csc(C)n3)cc2N(C(C)C(=O)Nc2ccc(OC)c(Cl)c2)C1=O. The molecule has 0 fully saturated rings. The van der Waals surface area contributed by atoms with Crippen LogP contribution in [0.3, 0.4) is 0 Å². The van der Waals surface area contributed by atoms with Crippen molar-refractivity contribution in [1.29, 1.82) is 0 Å². The fourth-order valence-corrected chi connectivity index (χ4v) is 4.58. The van der Waals surface area contributed by atoms with E-state index in [4.69, 9.17) is 21.1 Å². The highest BCUT2D eigenvalue weighted by Gasteiger charge is 2.38. The summed E-state index contributed by atoms with van der Waals surface area (Å²) in [5, 5.41) is 6.13. The molecule has 4 rings (SSSR count). The molecule has 2 unspecified atom stereocenters. The number of nitrogens with one attached hydrogen (secondary N) is 1. The van der Waals surface area contributed by atoms with E-state index in [1.54, 1.807) is 36.5 Å². The number of fused-ring (bicyclic) bond motifs is 1. The number of hydrogen-bond donors (Lipinski definition) is 1. The van der Waals surface area contributed by atoms with E-state index in [9.17, 15) is 9.59 Å². The lowest BCUT2D eigenvalue weighted by atomic mass is 10.0. The van der Waals surface area contributed by atoms with Crippen molar-refractivity contribution in [2.24, 2.45) is 0 Å². The summed E-state index contributed by atoms with van der Waals surface area (Å²) < 4.78 is 11.1. The summed E-state index contributed by atoms with van der Waals surface area (Å²) in [5.41, 5.74) is 2.72. The number of anilines is 2. The molecule has 1 aliphatic rings. The van der Waals surface area contributed by atoms with Gasteiger partial charge in [0.15, 0.2) is 6.10 Å². The molecule has 2 aromatic carbocycles. The molecule has 0 saturated carbocycles. The lowest BCUT2D eigenvalue weighted by Crippen LogP contribution is -2.53. The summed E-state index contributed by atoms with van der Waals surface area (Å²) in [5.74, 6) is 0.467. The van der Waals surface area contributed by atoms with Gasteiger partial charge in [-0.05, 0) is 56.7 Å². The monoisotopic (exact) mass is 485 g/mol. The number of halogens is 1. The second-order valence-electron chi connectivity index (χ2n) is 7.67. The van der Waals surface area contributed by atoms with Gasteiger partial charge in [-0.2, -0.15) is 0 Å². The highest BCUT2D eigenvalue weighted by molar-refractivity contribution is 7.09. The van der Waals surface area contributed by atoms with Crippen molar-refractivity contribution in [1.82, 2.24) is 4.98 Å². The number of methoxy groups -OCH3 is 1. The molecule has 2 atom stereocenters. The largest absolute Gasteiger partial charge is 0.495 e. The summed E-state index contributed by atoms with van der Waals surface area (Å²) >= 11 is 7.74. The first-order chi connectivity index (χ1) is 15.8. The Morgan fingerprint density at radius 1 is 1.33 bits per heavy atom. The van der Waals surface area contributed by atoms with E-state index < -0.39 is 12.1 Å². The molecule has 0 bridgehead atoms. The van der Waals surface area contributed by atoms with E-state index in [1.807, 2.05) is 37.4 Å². The Balaban J connectivity index is 1.67. The fourth-order valence-electron chi connectivity index (χ4n) is 3.70. The molecular weight excluding hydrogens is 462 g/mol. The van der Waals surface area contributed by atoms with Gasteiger partial charge in [0.2, 0.25) is 5.91 Å². The van der Waals surface area contributed by atoms with Crippen molar-refractivity contribution in [3.8, 4) is 22.8 Å². The number of benzene rings is 2. The first-order valence-electron chi connectivity index (χ1n) is 10.5. The highest BCUT2D eigenvalue weighted by Crippen LogP contribution is 2.39. The van der Waals surface area contributed by atoms with E-state index in [2.05, 4.69) is 10.3 Å². The number of hydrogen-bond acceptors (Lipinski definition) is 6. The van der Waals surface area contributed by atoms with Crippen LogP contribution in [0.15, 0.2) is 41.8 Å². The molecule has 7 nitrogen and oxygen atoms in total. The molecule has 172 valence electrons. The smallest absolute Gasteiger partial charge is 0.268 e. The number of ether oxygens (including phenoxy) is 2. The molecule has 2 heterocycles. The number of carbonyl (C=O) groups is 2. The third-order valence-corrected chi connectivity index (χ3v) is 6.54. The third-order valence-electron chi connectivity index (χ3n) is 5.47. The number of nitrogens with zero attached hydrogens (tertiary/aromatic N) is 2. The molecule has 1 N–H and O–H groups in total. The van der Waals surface area contributed by atoms with Crippen molar-refractivity contribution in [2.45, 2.75) is 39.3 Å². The molecule has 1 aromatic heterocycles. The Morgan fingerprint density at radius 3 is 2.76 bits per heavy atom. The summed E-state index contributed by atoms with van der Waals surface area (Å²) in [6, 6.07) is 9.78. The van der Waals surface area contributed by atoms with Crippen LogP contribution >= 0.6 is 22.9 Å². The second kappa shape index (κ2) is 9.41. The summed E-state index contributed by atoms with van der Waals surface area (Å²) in [6.07, 6.45) is -0.167. The predicted octanol–water partition coefficient (Wildman–Crippen LogP) is 5.31. The topological polar surface area (TPSA) is 80.8 Å². The van der Waals surface area contributed by atoms with E-state index in [0.29, 0.717) is 34.3 Å². The van der Waals surface area contributed by atoms with E-state index in [0.717, 1.165) is 16.3 Å². The Labute approximate surface area is 201 Å². The second-order valence-corrected chi connectivity index (χ2v) is 9.14. The van der Waals surface area contributed by atoms with E-state index >= 15 is 0 Å². The van der Waals surface area contributed by atoms with Gasteiger partial charge in [-0.3, -0.25) is 14.5 Å². The van der Waals surface area contributed by atoms with Gasteiger partial charge in [-0.15, -0.1) is 11.3 Å². The molecular formula is C24H24ClN3O4S. The number of carbonyl (C=O) groups excluding carboxylic acids is 2. The third kappa shape index (κ3) is 4.54. The maximum Gasteiger partial charge on any atom is 0.268 e. The van der Waals surface area contributed by atoms with Crippen LogP contribution in [-0.2, 0) is 9.59 Å². The van der Waals surface area contributed by atoms with Crippen molar-refractivity contribution in [3.63, 3.8) is 0 Å². The van der Waals surface area contributed by atoms with E-state index in [1.165, 1.54) is 12.0 Å². The van der Waals surface area contributed by atoms with Crippen molar-refractivity contribution < 1.29 is 19.1 Å². The van der Waals surface area contributed by atoms with Gasteiger partial charge in [0.1, 0.15) is 17.5 Å². The van der Waals surface area contributed by atoms with Crippen LogP contribution in [-0.4, -0.2) is 36.1 Å². The Bertz CT molecular complexity index is 1210. The number of aromatic nitrogens is 1. The van der Waals surface area contributed by atoms with Gasteiger partial charge in [0.25, 0.3) is 5.91 Å². The zero-order valence-corrected chi connectivity index (χ0v) is 20.3. The van der Waals surface area contributed by atoms with Crippen LogP contribution in [0.4, 0.5) is 11.4 Å². The molecule has 33 heavy (non-hydrogen) atoms. The molecule has 3 aromatic rings. The minimum Gasteiger partial charge on any atom is -0.495 e. The molecule has 0 radical (unpaired) electrons. The van der Waals surface area contributed by atoms with Crippen molar-refractivity contribution >= 4 is 46.1 Å². The molecule has 0 spiro atoms. The number of thiazole rings is 1. The minimum atomic E-state index is -0.789. The summed E-state index contributed by atoms with van der Waals surface area (Å²) in [7, 11) is 1.52. The fraction of sp³-hybridized carbons (Fsp3) is 0.292. The zero-order chi connectivity index (χ0) is 23.7. The highest BCUT2D eigenvalue weighted by atomic mass is 35.5. The molecule has 2 amide bonds. The first kappa shape index (κ1) is 23.1. The minimum absolute atomic E-state index is 0.257. The van der Waals surface area contributed by atoms with Crippen molar-refractivity contribution in [3.05, 3.63) is 51.8 Å². The number of aryl methyl sites for hydroxylation is 1. The Hall–Kier alpha value is -3.10. The van der Waals surface area contributed by atoms with Crippen LogP contribution in [0, 0.1) is 6.92 Å². The molecule has 9 heteroatoms. The number of amides is 2. The van der Waals surface area contributed by atoms with Gasteiger partial charge >= 0.3 is 0 Å². The standard InChI is InChI=1S/C24H24ClN3O4S/c1-5-20-24(30)28(13(2)23(29)27-16-7-9-21(31-4)17(25)11-16)19-10-15(6-8-22(19)32-20)18-12-33-14(3)26-18/h6-13,20H,5H2,1-4H3,(H,27,29). The van der Waals surface area contributed by atoms with Crippen LogP contribution in [0.2, 0.25) is 5.02 Å². The summed E-state index contributed by atoms with van der Waals surface area (Å²) in [4.78, 5) is 32.5. The normalized spacial score (nSPS) is 16.1. The van der Waals surface area contributed by atoms with Gasteiger partial charge in [-0.25, -0.2) is 4.98 Å².